The first-order valence-electron chi connectivity index (χ1n) is 6.33. The van der Waals surface area contributed by atoms with E-state index in [1.807, 2.05) is 13.0 Å². The molecule has 1 aromatic carbocycles. The van der Waals surface area contributed by atoms with E-state index in [2.05, 4.69) is 15.9 Å². The highest BCUT2D eigenvalue weighted by Crippen LogP contribution is 2.34. The quantitative estimate of drug-likeness (QED) is 0.898. The molecule has 1 aliphatic rings. The molecule has 106 valence electrons. The Morgan fingerprint density at radius 1 is 1.60 bits per heavy atom. The summed E-state index contributed by atoms with van der Waals surface area (Å²) in [6.07, 6.45) is 1.31. The first kappa shape index (κ1) is 14.8. The number of nitriles is 1. The molecular formula is C14H14BrFN2O2. The van der Waals surface area contributed by atoms with Crippen molar-refractivity contribution in [1.29, 1.82) is 5.26 Å². The molecule has 2 atom stereocenters. The van der Waals surface area contributed by atoms with Gasteiger partial charge in [-0.3, -0.25) is 0 Å². The number of hydrogen-bond acceptors (Lipinski definition) is 3. The molecule has 1 fully saturated rings. The van der Waals surface area contributed by atoms with Crippen LogP contribution in [0.15, 0.2) is 16.6 Å². The SMILES string of the molecule is CC1CCN(c2ccc(C#N)c(Br)c2F)C(C(=O)O)C1. The average molecular weight is 341 g/mol. The molecule has 2 rings (SSSR count). The standard InChI is InChI=1S/C14H14BrFN2O2/c1-8-4-5-18(11(6-8)14(19)20)10-3-2-9(7-17)12(15)13(10)16/h2-3,8,11H,4-6H2,1H3,(H,19,20). The lowest BCUT2D eigenvalue weighted by atomic mass is 9.92. The van der Waals surface area contributed by atoms with Gasteiger partial charge in [0.15, 0.2) is 5.82 Å². The summed E-state index contributed by atoms with van der Waals surface area (Å²) in [6.45, 7) is 2.49. The summed E-state index contributed by atoms with van der Waals surface area (Å²) in [4.78, 5) is 12.9. The minimum absolute atomic E-state index is 0.0836. The van der Waals surface area contributed by atoms with Crippen LogP contribution in [0.5, 0.6) is 0 Å². The van der Waals surface area contributed by atoms with Crippen molar-refractivity contribution in [3.05, 3.63) is 28.0 Å². The summed E-state index contributed by atoms with van der Waals surface area (Å²) in [5.41, 5.74) is 0.429. The maximum absolute atomic E-state index is 14.3. The normalized spacial score (nSPS) is 22.4. The maximum Gasteiger partial charge on any atom is 0.326 e. The predicted molar refractivity (Wildman–Crippen MR) is 76.0 cm³/mol. The number of anilines is 1. The number of carbonyl (C=O) groups is 1. The topological polar surface area (TPSA) is 64.3 Å². The van der Waals surface area contributed by atoms with E-state index in [1.54, 1.807) is 4.90 Å². The lowest BCUT2D eigenvalue weighted by Crippen LogP contribution is -2.47. The van der Waals surface area contributed by atoms with E-state index in [9.17, 15) is 14.3 Å². The summed E-state index contributed by atoms with van der Waals surface area (Å²) in [7, 11) is 0. The Morgan fingerprint density at radius 2 is 2.30 bits per heavy atom. The summed E-state index contributed by atoms with van der Waals surface area (Å²) in [5, 5.41) is 18.2. The number of carboxylic acid groups (broad SMARTS) is 1. The van der Waals surface area contributed by atoms with Crippen molar-refractivity contribution in [2.45, 2.75) is 25.8 Å². The van der Waals surface area contributed by atoms with Crippen molar-refractivity contribution in [3.8, 4) is 6.07 Å². The van der Waals surface area contributed by atoms with Gasteiger partial charge in [0.05, 0.1) is 15.7 Å². The van der Waals surface area contributed by atoms with Crippen LogP contribution in [0.3, 0.4) is 0 Å². The van der Waals surface area contributed by atoms with Gasteiger partial charge < -0.3 is 10.0 Å². The largest absolute Gasteiger partial charge is 0.480 e. The highest BCUT2D eigenvalue weighted by Gasteiger charge is 2.33. The van der Waals surface area contributed by atoms with Crippen LogP contribution >= 0.6 is 15.9 Å². The fourth-order valence-electron chi connectivity index (χ4n) is 2.51. The van der Waals surface area contributed by atoms with E-state index in [1.165, 1.54) is 12.1 Å². The third-order valence-electron chi connectivity index (χ3n) is 3.64. The molecule has 20 heavy (non-hydrogen) atoms. The van der Waals surface area contributed by atoms with E-state index in [0.717, 1.165) is 6.42 Å². The Bertz CT molecular complexity index is 585. The molecule has 0 aromatic heterocycles. The molecule has 1 N–H and O–H groups in total. The van der Waals surface area contributed by atoms with Gasteiger partial charge in [0.2, 0.25) is 0 Å². The van der Waals surface area contributed by atoms with E-state index < -0.39 is 17.8 Å². The maximum atomic E-state index is 14.3. The van der Waals surface area contributed by atoms with Gasteiger partial charge in [-0.05, 0) is 46.8 Å². The Hall–Kier alpha value is -1.61. The predicted octanol–water partition coefficient (Wildman–Crippen LogP) is 3.15. The zero-order valence-corrected chi connectivity index (χ0v) is 12.5. The van der Waals surface area contributed by atoms with Crippen molar-refractivity contribution >= 4 is 27.6 Å². The molecular weight excluding hydrogens is 327 g/mol. The fourth-order valence-corrected chi connectivity index (χ4v) is 2.94. The van der Waals surface area contributed by atoms with Crippen molar-refractivity contribution in [1.82, 2.24) is 0 Å². The zero-order chi connectivity index (χ0) is 14.9. The third kappa shape index (κ3) is 2.63. The van der Waals surface area contributed by atoms with Gasteiger partial charge in [-0.2, -0.15) is 5.26 Å². The molecule has 4 nitrogen and oxygen atoms in total. The number of hydrogen-bond donors (Lipinski definition) is 1. The van der Waals surface area contributed by atoms with Gasteiger partial charge in [-0.15, -0.1) is 0 Å². The molecule has 0 radical (unpaired) electrons. The fraction of sp³-hybridized carbons (Fsp3) is 0.429. The summed E-state index contributed by atoms with van der Waals surface area (Å²) in [5.74, 6) is -1.22. The zero-order valence-electron chi connectivity index (χ0n) is 10.9. The Kier molecular flexibility index (Phi) is 4.29. The van der Waals surface area contributed by atoms with Crippen LogP contribution in [0, 0.1) is 23.1 Å². The second-order valence-corrected chi connectivity index (χ2v) is 5.84. The number of benzene rings is 1. The van der Waals surface area contributed by atoms with E-state index >= 15 is 0 Å². The van der Waals surface area contributed by atoms with Crippen LogP contribution in [0.2, 0.25) is 0 Å². The minimum atomic E-state index is -0.948. The molecule has 1 saturated heterocycles. The van der Waals surface area contributed by atoms with Crippen molar-refractivity contribution in [3.63, 3.8) is 0 Å². The van der Waals surface area contributed by atoms with E-state index in [4.69, 9.17) is 5.26 Å². The van der Waals surface area contributed by atoms with Gasteiger partial charge in [0, 0.05) is 6.54 Å². The number of rotatable bonds is 2. The Labute approximate surface area is 124 Å². The van der Waals surface area contributed by atoms with E-state index in [0.29, 0.717) is 18.9 Å². The second kappa shape index (κ2) is 5.80. The molecule has 2 unspecified atom stereocenters. The minimum Gasteiger partial charge on any atom is -0.480 e. The summed E-state index contributed by atoms with van der Waals surface area (Å²) < 4.78 is 14.4. The average Bonchev–Trinajstić information content (AvgIpc) is 2.42. The smallest absolute Gasteiger partial charge is 0.326 e. The summed E-state index contributed by atoms with van der Waals surface area (Å²) in [6, 6.07) is 4.13. The molecule has 0 amide bonds. The molecule has 1 heterocycles. The molecule has 0 aliphatic carbocycles. The Morgan fingerprint density at radius 3 is 2.90 bits per heavy atom. The number of piperidine rings is 1. The number of aliphatic carboxylic acids is 1. The van der Waals surface area contributed by atoms with Crippen LogP contribution in [0.25, 0.3) is 0 Å². The molecule has 0 spiro atoms. The second-order valence-electron chi connectivity index (χ2n) is 5.05. The monoisotopic (exact) mass is 340 g/mol. The van der Waals surface area contributed by atoms with Crippen LogP contribution in [0.4, 0.5) is 10.1 Å². The van der Waals surface area contributed by atoms with Crippen LogP contribution in [-0.2, 0) is 4.79 Å². The van der Waals surface area contributed by atoms with Crippen molar-refractivity contribution < 1.29 is 14.3 Å². The highest BCUT2D eigenvalue weighted by atomic mass is 79.9. The first-order chi connectivity index (χ1) is 9.45. The molecule has 1 aromatic rings. The Balaban J connectivity index is 2.42. The van der Waals surface area contributed by atoms with Crippen molar-refractivity contribution in [2.24, 2.45) is 5.92 Å². The first-order valence-corrected chi connectivity index (χ1v) is 7.12. The number of nitrogens with zero attached hydrogens (tertiary/aromatic N) is 2. The van der Waals surface area contributed by atoms with Gasteiger partial charge >= 0.3 is 5.97 Å². The molecule has 0 bridgehead atoms. The van der Waals surface area contributed by atoms with Gasteiger partial charge in [-0.1, -0.05) is 6.92 Å². The lowest BCUT2D eigenvalue weighted by molar-refractivity contribution is -0.139. The number of halogens is 2. The van der Waals surface area contributed by atoms with Crippen LogP contribution in [-0.4, -0.2) is 23.7 Å². The highest BCUT2D eigenvalue weighted by molar-refractivity contribution is 9.10. The molecule has 6 heteroatoms. The number of carboxylic acids is 1. The lowest BCUT2D eigenvalue weighted by Gasteiger charge is -2.37. The van der Waals surface area contributed by atoms with Gasteiger partial charge in [0.1, 0.15) is 12.1 Å². The third-order valence-corrected chi connectivity index (χ3v) is 4.42. The van der Waals surface area contributed by atoms with Gasteiger partial charge in [-0.25, -0.2) is 9.18 Å². The molecule has 0 saturated carbocycles. The van der Waals surface area contributed by atoms with Gasteiger partial charge in [0.25, 0.3) is 0 Å². The van der Waals surface area contributed by atoms with E-state index in [-0.39, 0.29) is 15.7 Å². The molecule has 1 aliphatic heterocycles. The van der Waals surface area contributed by atoms with Crippen LogP contribution in [0.1, 0.15) is 25.3 Å². The van der Waals surface area contributed by atoms with Crippen molar-refractivity contribution in [2.75, 3.05) is 11.4 Å². The van der Waals surface area contributed by atoms with Crippen LogP contribution < -0.4 is 4.90 Å². The summed E-state index contributed by atoms with van der Waals surface area (Å²) >= 11 is 3.06.